The lowest BCUT2D eigenvalue weighted by Crippen LogP contribution is -2.47. The van der Waals surface area contributed by atoms with Gasteiger partial charge in [0.1, 0.15) is 5.60 Å². The van der Waals surface area contributed by atoms with Crippen LogP contribution in [0.5, 0.6) is 0 Å². The van der Waals surface area contributed by atoms with Crippen molar-refractivity contribution in [2.75, 3.05) is 26.7 Å². The maximum absolute atomic E-state index is 12.1. The second kappa shape index (κ2) is 9.30. The summed E-state index contributed by atoms with van der Waals surface area (Å²) in [6, 6.07) is 0.564. The van der Waals surface area contributed by atoms with Gasteiger partial charge in [-0.2, -0.15) is 0 Å². The van der Waals surface area contributed by atoms with E-state index < -0.39 is 5.60 Å². The van der Waals surface area contributed by atoms with Gasteiger partial charge >= 0.3 is 6.09 Å². The monoisotopic (exact) mass is 352 g/mol. The molecule has 0 spiro atoms. The van der Waals surface area contributed by atoms with Crippen LogP contribution < -0.4 is 10.6 Å². The van der Waals surface area contributed by atoms with Crippen molar-refractivity contribution >= 4 is 12.1 Å². The fourth-order valence-electron chi connectivity index (χ4n) is 3.52. The zero-order valence-corrected chi connectivity index (χ0v) is 16.4. The Morgan fingerprint density at radius 1 is 1.12 bits per heavy atom. The lowest BCUT2D eigenvalue weighted by molar-refractivity contribution is 0.0185. The van der Waals surface area contributed by atoms with Crippen LogP contribution in [0.2, 0.25) is 0 Å². The van der Waals surface area contributed by atoms with E-state index >= 15 is 0 Å². The lowest BCUT2D eigenvalue weighted by atomic mass is 9.95. The topological polar surface area (TPSA) is 66.0 Å². The molecule has 144 valence electrons. The number of likely N-dealkylation sites (tertiary alicyclic amines) is 1. The molecule has 0 unspecified atom stereocenters. The standard InChI is InChI=1S/C19H36N4O2/c1-19(2,3)25-18(24)23-12-10-15(11-13-23)14-21-17(20-4)22-16-8-6-5-7-9-16/h15-16H,5-14H2,1-4H3,(H2,20,21,22). The van der Waals surface area contributed by atoms with Gasteiger partial charge in [-0.05, 0) is 52.4 Å². The highest BCUT2D eigenvalue weighted by molar-refractivity contribution is 5.79. The number of amides is 1. The Morgan fingerprint density at radius 2 is 1.76 bits per heavy atom. The predicted molar refractivity (Wildman–Crippen MR) is 102 cm³/mol. The van der Waals surface area contributed by atoms with Crippen molar-refractivity contribution in [2.45, 2.75) is 77.4 Å². The Morgan fingerprint density at radius 3 is 2.32 bits per heavy atom. The maximum atomic E-state index is 12.1. The molecular weight excluding hydrogens is 316 g/mol. The minimum atomic E-state index is -0.424. The van der Waals surface area contributed by atoms with Crippen LogP contribution in [0.4, 0.5) is 4.79 Å². The quantitative estimate of drug-likeness (QED) is 0.605. The minimum absolute atomic E-state index is 0.186. The first-order valence-electron chi connectivity index (χ1n) is 9.82. The van der Waals surface area contributed by atoms with Crippen LogP contribution in [-0.4, -0.2) is 55.3 Å². The van der Waals surface area contributed by atoms with Gasteiger partial charge in [0.25, 0.3) is 0 Å². The summed E-state index contributed by atoms with van der Waals surface area (Å²) in [4.78, 5) is 18.3. The summed E-state index contributed by atoms with van der Waals surface area (Å²) in [6.45, 7) is 8.19. The first kappa shape index (κ1) is 19.9. The molecule has 0 aromatic carbocycles. The molecule has 0 aromatic heterocycles. The van der Waals surface area contributed by atoms with Crippen LogP contribution in [-0.2, 0) is 4.74 Å². The molecule has 6 heteroatoms. The molecule has 1 heterocycles. The number of piperidine rings is 1. The van der Waals surface area contributed by atoms with E-state index in [0.717, 1.165) is 38.4 Å². The van der Waals surface area contributed by atoms with Crippen molar-refractivity contribution in [3.8, 4) is 0 Å². The fraction of sp³-hybridized carbons (Fsp3) is 0.895. The average Bonchev–Trinajstić information content (AvgIpc) is 2.58. The molecule has 1 aliphatic heterocycles. The summed E-state index contributed by atoms with van der Waals surface area (Å²) in [7, 11) is 1.84. The molecule has 0 bridgehead atoms. The first-order valence-corrected chi connectivity index (χ1v) is 9.82. The molecule has 1 aliphatic carbocycles. The number of hydrogen-bond donors (Lipinski definition) is 2. The summed E-state index contributed by atoms with van der Waals surface area (Å²) in [5.41, 5.74) is -0.424. The second-order valence-electron chi connectivity index (χ2n) is 8.34. The van der Waals surface area contributed by atoms with Gasteiger partial charge in [-0.1, -0.05) is 19.3 Å². The number of hydrogen-bond acceptors (Lipinski definition) is 3. The molecule has 2 aliphatic rings. The van der Waals surface area contributed by atoms with Crippen LogP contribution in [0.15, 0.2) is 4.99 Å². The van der Waals surface area contributed by atoms with Gasteiger partial charge in [0, 0.05) is 32.7 Å². The van der Waals surface area contributed by atoms with E-state index in [2.05, 4.69) is 15.6 Å². The highest BCUT2D eigenvalue weighted by Gasteiger charge is 2.27. The average molecular weight is 353 g/mol. The molecule has 2 fully saturated rings. The number of nitrogens with zero attached hydrogens (tertiary/aromatic N) is 2. The van der Waals surface area contributed by atoms with E-state index in [1.165, 1.54) is 32.1 Å². The van der Waals surface area contributed by atoms with E-state index in [0.29, 0.717) is 12.0 Å². The molecule has 1 saturated carbocycles. The van der Waals surface area contributed by atoms with E-state index in [9.17, 15) is 4.79 Å². The zero-order valence-electron chi connectivity index (χ0n) is 16.4. The number of carbonyl (C=O) groups is 1. The van der Waals surface area contributed by atoms with Gasteiger partial charge in [-0.25, -0.2) is 4.79 Å². The molecule has 1 saturated heterocycles. The Hall–Kier alpha value is -1.46. The molecule has 0 aromatic rings. The molecule has 0 radical (unpaired) electrons. The number of guanidine groups is 1. The van der Waals surface area contributed by atoms with E-state index in [1.807, 2.05) is 32.7 Å². The first-order chi connectivity index (χ1) is 11.9. The third kappa shape index (κ3) is 7.12. The summed E-state index contributed by atoms with van der Waals surface area (Å²) < 4.78 is 5.45. The third-order valence-electron chi connectivity index (χ3n) is 4.99. The number of ether oxygens (including phenoxy) is 1. The van der Waals surface area contributed by atoms with Crippen molar-refractivity contribution in [3.05, 3.63) is 0 Å². The van der Waals surface area contributed by atoms with Crippen molar-refractivity contribution in [1.82, 2.24) is 15.5 Å². The SMILES string of the molecule is CN=C(NCC1CCN(C(=O)OC(C)(C)C)CC1)NC1CCCCC1. The summed E-state index contributed by atoms with van der Waals surface area (Å²) >= 11 is 0. The summed E-state index contributed by atoms with van der Waals surface area (Å²) in [6.07, 6.45) is 8.31. The fourth-order valence-corrected chi connectivity index (χ4v) is 3.52. The maximum Gasteiger partial charge on any atom is 0.410 e. The van der Waals surface area contributed by atoms with Gasteiger partial charge in [-0.3, -0.25) is 4.99 Å². The molecule has 25 heavy (non-hydrogen) atoms. The Bertz CT molecular complexity index is 445. The smallest absolute Gasteiger partial charge is 0.410 e. The van der Waals surface area contributed by atoms with Gasteiger partial charge in [0.05, 0.1) is 0 Å². The van der Waals surface area contributed by atoms with E-state index in [-0.39, 0.29) is 6.09 Å². The van der Waals surface area contributed by atoms with Crippen molar-refractivity contribution in [2.24, 2.45) is 10.9 Å². The molecule has 1 amide bonds. The van der Waals surface area contributed by atoms with E-state index in [4.69, 9.17) is 4.74 Å². The third-order valence-corrected chi connectivity index (χ3v) is 4.99. The molecule has 2 rings (SSSR count). The van der Waals surface area contributed by atoms with Crippen LogP contribution in [0, 0.1) is 5.92 Å². The minimum Gasteiger partial charge on any atom is -0.444 e. The highest BCUT2D eigenvalue weighted by atomic mass is 16.6. The van der Waals surface area contributed by atoms with Crippen molar-refractivity contribution in [3.63, 3.8) is 0 Å². The molecular formula is C19H36N4O2. The van der Waals surface area contributed by atoms with Crippen LogP contribution in [0.25, 0.3) is 0 Å². The Kier molecular flexibility index (Phi) is 7.38. The number of nitrogens with one attached hydrogen (secondary N) is 2. The lowest BCUT2D eigenvalue weighted by Gasteiger charge is -2.34. The second-order valence-corrected chi connectivity index (χ2v) is 8.34. The summed E-state index contributed by atoms with van der Waals surface area (Å²) in [5, 5.41) is 7.03. The van der Waals surface area contributed by atoms with Gasteiger partial charge in [0.15, 0.2) is 5.96 Å². The van der Waals surface area contributed by atoms with Crippen LogP contribution in [0.3, 0.4) is 0 Å². The number of aliphatic imine (C=N–C) groups is 1. The number of carbonyl (C=O) groups excluding carboxylic acids is 1. The summed E-state index contributed by atoms with van der Waals surface area (Å²) in [5.74, 6) is 1.49. The largest absolute Gasteiger partial charge is 0.444 e. The van der Waals surface area contributed by atoms with Crippen molar-refractivity contribution < 1.29 is 9.53 Å². The molecule has 0 atom stereocenters. The van der Waals surface area contributed by atoms with E-state index in [1.54, 1.807) is 0 Å². The predicted octanol–water partition coefficient (Wildman–Crippen LogP) is 3.13. The van der Waals surface area contributed by atoms with Gasteiger partial charge in [0.2, 0.25) is 0 Å². The highest BCUT2D eigenvalue weighted by Crippen LogP contribution is 2.20. The normalized spacial score (nSPS) is 21.1. The number of rotatable bonds is 3. The molecule has 6 nitrogen and oxygen atoms in total. The van der Waals surface area contributed by atoms with Gasteiger partial charge < -0.3 is 20.3 Å². The molecule has 2 N–H and O–H groups in total. The van der Waals surface area contributed by atoms with Crippen LogP contribution in [0.1, 0.15) is 65.7 Å². The van der Waals surface area contributed by atoms with Gasteiger partial charge in [-0.15, -0.1) is 0 Å². The Labute approximate surface area is 152 Å². The zero-order chi connectivity index (χ0) is 18.3. The Balaban J connectivity index is 1.68. The van der Waals surface area contributed by atoms with Crippen LogP contribution >= 0.6 is 0 Å². The van der Waals surface area contributed by atoms with Crippen molar-refractivity contribution in [1.29, 1.82) is 0 Å².